The summed E-state index contributed by atoms with van der Waals surface area (Å²) in [7, 11) is 3.00. The Balaban J connectivity index is 2.79. The lowest BCUT2D eigenvalue weighted by Gasteiger charge is -2.16. The third-order valence-corrected chi connectivity index (χ3v) is 2.50. The zero-order valence-corrected chi connectivity index (χ0v) is 11.3. The number of methoxy groups -OCH3 is 1. The first-order valence-corrected chi connectivity index (χ1v) is 5.84. The van der Waals surface area contributed by atoms with Crippen molar-refractivity contribution >= 4 is 17.6 Å². The van der Waals surface area contributed by atoms with E-state index in [1.807, 2.05) is 0 Å². The highest BCUT2D eigenvalue weighted by molar-refractivity contribution is 5.96. The van der Waals surface area contributed by atoms with Gasteiger partial charge in [0.1, 0.15) is 12.3 Å². The summed E-state index contributed by atoms with van der Waals surface area (Å²) in [5.41, 5.74) is 6.52. The summed E-state index contributed by atoms with van der Waals surface area (Å²) >= 11 is 0. The van der Waals surface area contributed by atoms with E-state index in [0.29, 0.717) is 17.0 Å². The lowest BCUT2D eigenvalue weighted by atomic mass is 10.1. The summed E-state index contributed by atoms with van der Waals surface area (Å²) in [6.07, 6.45) is 0. The first-order valence-electron chi connectivity index (χ1n) is 5.84. The van der Waals surface area contributed by atoms with E-state index >= 15 is 0 Å². The molecule has 0 aliphatic carbocycles. The Labute approximate surface area is 112 Å². The van der Waals surface area contributed by atoms with Crippen molar-refractivity contribution in [3.05, 3.63) is 23.8 Å². The van der Waals surface area contributed by atoms with Gasteiger partial charge in [-0.05, 0) is 25.1 Å². The average molecular weight is 266 g/mol. The van der Waals surface area contributed by atoms with Crippen molar-refractivity contribution in [3.8, 4) is 5.75 Å². The van der Waals surface area contributed by atoms with Crippen LogP contribution in [-0.4, -0.2) is 44.1 Å². The molecule has 1 aromatic carbocycles. The van der Waals surface area contributed by atoms with Crippen LogP contribution in [0, 0.1) is 0 Å². The predicted octanol–water partition coefficient (Wildman–Crippen LogP) is 0.912. The Morgan fingerprint density at radius 2 is 2.05 bits per heavy atom. The van der Waals surface area contributed by atoms with Crippen LogP contribution in [0.5, 0.6) is 5.75 Å². The number of esters is 1. The third-order valence-electron chi connectivity index (χ3n) is 2.50. The molecule has 1 rings (SSSR count). The van der Waals surface area contributed by atoms with Gasteiger partial charge in [0.2, 0.25) is 0 Å². The van der Waals surface area contributed by atoms with E-state index in [-0.39, 0.29) is 19.1 Å². The third kappa shape index (κ3) is 3.87. The topological polar surface area (TPSA) is 81.9 Å². The molecule has 0 saturated carbocycles. The Morgan fingerprint density at radius 1 is 1.37 bits per heavy atom. The molecule has 1 amide bonds. The van der Waals surface area contributed by atoms with E-state index in [2.05, 4.69) is 0 Å². The normalized spacial score (nSPS) is 9.84. The molecule has 0 radical (unpaired) electrons. The van der Waals surface area contributed by atoms with Gasteiger partial charge in [-0.15, -0.1) is 0 Å². The molecular formula is C13H18N2O4. The van der Waals surface area contributed by atoms with Gasteiger partial charge in [-0.3, -0.25) is 9.59 Å². The predicted molar refractivity (Wildman–Crippen MR) is 71.0 cm³/mol. The molecule has 0 spiro atoms. The van der Waals surface area contributed by atoms with Gasteiger partial charge >= 0.3 is 5.97 Å². The monoisotopic (exact) mass is 266 g/mol. The Kier molecular flexibility index (Phi) is 5.17. The summed E-state index contributed by atoms with van der Waals surface area (Å²) in [4.78, 5) is 24.7. The summed E-state index contributed by atoms with van der Waals surface area (Å²) in [6.45, 7) is 1.90. The maximum Gasteiger partial charge on any atom is 0.325 e. The molecule has 0 saturated heterocycles. The van der Waals surface area contributed by atoms with Crippen LogP contribution in [0.3, 0.4) is 0 Å². The summed E-state index contributed by atoms with van der Waals surface area (Å²) < 4.78 is 9.83. The quantitative estimate of drug-likeness (QED) is 0.633. The van der Waals surface area contributed by atoms with Crippen molar-refractivity contribution in [2.45, 2.75) is 6.92 Å². The lowest BCUT2D eigenvalue weighted by Crippen LogP contribution is -2.33. The van der Waals surface area contributed by atoms with Crippen LogP contribution in [0.4, 0.5) is 5.69 Å². The number of hydrogen-bond acceptors (Lipinski definition) is 5. The molecule has 0 heterocycles. The highest BCUT2D eigenvalue weighted by Crippen LogP contribution is 2.22. The number of nitrogen functional groups attached to an aromatic ring is 1. The number of benzene rings is 1. The van der Waals surface area contributed by atoms with Gasteiger partial charge in [0.05, 0.1) is 19.4 Å². The zero-order chi connectivity index (χ0) is 14.4. The van der Waals surface area contributed by atoms with Crippen molar-refractivity contribution in [1.82, 2.24) is 4.90 Å². The van der Waals surface area contributed by atoms with Crippen molar-refractivity contribution < 1.29 is 19.1 Å². The number of anilines is 1. The second-order valence-electron chi connectivity index (χ2n) is 3.92. The van der Waals surface area contributed by atoms with E-state index in [0.717, 1.165) is 0 Å². The number of hydrogen-bond donors (Lipinski definition) is 1. The van der Waals surface area contributed by atoms with Crippen LogP contribution < -0.4 is 10.5 Å². The molecule has 0 aliphatic heterocycles. The van der Waals surface area contributed by atoms with Gasteiger partial charge in [-0.25, -0.2) is 0 Å². The number of carbonyl (C=O) groups excluding carboxylic acids is 2. The smallest absolute Gasteiger partial charge is 0.325 e. The number of nitrogens with two attached hydrogens (primary N) is 1. The largest absolute Gasteiger partial charge is 0.495 e. The standard InChI is InChI=1S/C13H18N2O4/c1-4-19-12(16)8-15(2)13(17)9-5-6-10(14)11(7-9)18-3/h5-7H,4,8,14H2,1-3H3. The second-order valence-corrected chi connectivity index (χ2v) is 3.92. The SMILES string of the molecule is CCOC(=O)CN(C)C(=O)c1ccc(N)c(OC)c1. The van der Waals surface area contributed by atoms with E-state index in [1.165, 1.54) is 19.1 Å². The molecule has 0 bridgehead atoms. The number of amides is 1. The lowest BCUT2D eigenvalue weighted by molar-refractivity contribution is -0.143. The van der Waals surface area contributed by atoms with Gasteiger partial charge in [0.15, 0.2) is 0 Å². The van der Waals surface area contributed by atoms with Crippen molar-refractivity contribution in [2.75, 3.05) is 33.0 Å². The summed E-state index contributed by atoms with van der Waals surface area (Å²) in [6, 6.07) is 4.71. The van der Waals surface area contributed by atoms with Gasteiger partial charge in [-0.2, -0.15) is 0 Å². The Hall–Kier alpha value is -2.24. The molecule has 0 atom stereocenters. The molecule has 6 nitrogen and oxygen atoms in total. The van der Waals surface area contributed by atoms with E-state index in [1.54, 1.807) is 25.1 Å². The van der Waals surface area contributed by atoms with E-state index in [9.17, 15) is 9.59 Å². The Morgan fingerprint density at radius 3 is 2.63 bits per heavy atom. The van der Waals surface area contributed by atoms with Crippen LogP contribution in [-0.2, 0) is 9.53 Å². The number of ether oxygens (including phenoxy) is 2. The second kappa shape index (κ2) is 6.63. The molecule has 0 aromatic heterocycles. The molecule has 104 valence electrons. The molecular weight excluding hydrogens is 248 g/mol. The van der Waals surface area contributed by atoms with Crippen LogP contribution in [0.2, 0.25) is 0 Å². The highest BCUT2D eigenvalue weighted by Gasteiger charge is 2.16. The Bertz CT molecular complexity index is 474. The fourth-order valence-corrected chi connectivity index (χ4v) is 1.54. The minimum atomic E-state index is -0.444. The van der Waals surface area contributed by atoms with Crippen LogP contribution in [0.25, 0.3) is 0 Å². The molecule has 19 heavy (non-hydrogen) atoms. The van der Waals surface area contributed by atoms with Crippen molar-refractivity contribution in [1.29, 1.82) is 0 Å². The average Bonchev–Trinajstić information content (AvgIpc) is 2.38. The first kappa shape index (κ1) is 14.8. The van der Waals surface area contributed by atoms with Gasteiger partial charge in [0, 0.05) is 12.6 Å². The molecule has 6 heteroatoms. The van der Waals surface area contributed by atoms with Gasteiger partial charge in [-0.1, -0.05) is 0 Å². The highest BCUT2D eigenvalue weighted by atomic mass is 16.5. The van der Waals surface area contributed by atoms with Crippen molar-refractivity contribution in [2.24, 2.45) is 0 Å². The van der Waals surface area contributed by atoms with E-state index in [4.69, 9.17) is 15.2 Å². The van der Waals surface area contributed by atoms with Gasteiger partial charge in [0.25, 0.3) is 5.91 Å². The minimum absolute atomic E-state index is 0.0979. The molecule has 0 fully saturated rings. The number of carbonyl (C=O) groups is 2. The maximum absolute atomic E-state index is 12.1. The molecule has 0 aliphatic rings. The minimum Gasteiger partial charge on any atom is -0.495 e. The first-order chi connectivity index (χ1) is 8.99. The molecule has 0 unspecified atom stereocenters. The van der Waals surface area contributed by atoms with Crippen LogP contribution in [0.1, 0.15) is 17.3 Å². The van der Waals surface area contributed by atoms with Crippen molar-refractivity contribution in [3.63, 3.8) is 0 Å². The molecule has 1 aromatic rings. The number of nitrogens with zero attached hydrogens (tertiary/aromatic N) is 1. The van der Waals surface area contributed by atoms with E-state index < -0.39 is 5.97 Å². The number of rotatable bonds is 5. The number of likely N-dealkylation sites (N-methyl/N-ethyl adjacent to an activating group) is 1. The fraction of sp³-hybridized carbons (Fsp3) is 0.385. The molecule has 2 N–H and O–H groups in total. The summed E-state index contributed by atoms with van der Waals surface area (Å²) in [5.74, 6) is -0.317. The van der Waals surface area contributed by atoms with Crippen LogP contribution in [0.15, 0.2) is 18.2 Å². The summed E-state index contributed by atoms with van der Waals surface area (Å²) in [5, 5.41) is 0. The zero-order valence-electron chi connectivity index (χ0n) is 11.3. The van der Waals surface area contributed by atoms with Gasteiger partial charge < -0.3 is 20.1 Å². The fourth-order valence-electron chi connectivity index (χ4n) is 1.54. The maximum atomic E-state index is 12.1. The van der Waals surface area contributed by atoms with Crippen LogP contribution >= 0.6 is 0 Å².